The van der Waals surface area contributed by atoms with Crippen LogP contribution in [0.15, 0.2) is 18.2 Å². The van der Waals surface area contributed by atoms with Crippen LogP contribution in [0.1, 0.15) is 15.4 Å². The summed E-state index contributed by atoms with van der Waals surface area (Å²) >= 11 is 3.25. The third kappa shape index (κ3) is 3.38. The van der Waals surface area contributed by atoms with Crippen LogP contribution in [-0.2, 0) is 9.53 Å². The summed E-state index contributed by atoms with van der Waals surface area (Å²) < 4.78 is 5.31. The molecule has 2 amide bonds. The molecule has 0 aliphatic carbocycles. The number of thioether (sulfide) groups is 1. The fourth-order valence-corrected chi connectivity index (χ4v) is 5.10. The summed E-state index contributed by atoms with van der Waals surface area (Å²) in [4.78, 5) is 31.4. The second kappa shape index (κ2) is 7.42. The molecule has 2 aromatic rings. The van der Waals surface area contributed by atoms with E-state index < -0.39 is 6.04 Å². The van der Waals surface area contributed by atoms with Gasteiger partial charge in [0, 0.05) is 23.7 Å². The first kappa shape index (κ1) is 17.6. The minimum absolute atomic E-state index is 0.0105. The lowest BCUT2D eigenvalue weighted by molar-refractivity contribution is -0.138. The van der Waals surface area contributed by atoms with E-state index >= 15 is 0 Å². The molecule has 7 nitrogen and oxygen atoms in total. The average Bonchev–Trinajstić information content (AvgIpc) is 3.41. The monoisotopic (exact) mass is 392 g/mol. The summed E-state index contributed by atoms with van der Waals surface area (Å²) in [5.41, 5.74) is 1.18. The molecule has 9 heteroatoms. The number of nitrogens with one attached hydrogen (secondary N) is 1. The molecular weight excluding hydrogens is 372 g/mol. The smallest absolute Gasteiger partial charge is 0.275 e. The lowest BCUT2D eigenvalue weighted by Crippen LogP contribution is -2.52. The maximum atomic E-state index is 12.9. The highest BCUT2D eigenvalue weighted by Gasteiger charge is 2.38. The molecule has 1 atom stereocenters. The Morgan fingerprint density at radius 2 is 2.12 bits per heavy atom. The van der Waals surface area contributed by atoms with E-state index in [0.29, 0.717) is 43.6 Å². The highest BCUT2D eigenvalue weighted by atomic mass is 32.2. The Bertz CT molecular complexity index is 813. The first-order valence-corrected chi connectivity index (χ1v) is 10.5. The number of carbonyl (C=O) groups excluding carboxylic acids is 2. The Morgan fingerprint density at radius 1 is 1.31 bits per heavy atom. The molecule has 1 N–H and O–H groups in total. The van der Waals surface area contributed by atoms with Crippen LogP contribution in [-0.4, -0.2) is 75.8 Å². The Morgan fingerprint density at radius 3 is 2.85 bits per heavy atom. The second-order valence-corrected chi connectivity index (χ2v) is 8.59. The predicted octanol–water partition coefficient (Wildman–Crippen LogP) is 1.82. The van der Waals surface area contributed by atoms with Gasteiger partial charge in [0.1, 0.15) is 6.04 Å². The van der Waals surface area contributed by atoms with Gasteiger partial charge in [-0.25, -0.2) is 0 Å². The molecule has 0 unspecified atom stereocenters. The van der Waals surface area contributed by atoms with Crippen molar-refractivity contribution in [1.29, 1.82) is 0 Å². The SMILES string of the molecule is Cc1ccc(-c2cc(C(=O)N3CSC[C@@H]3C(=O)N3CCOCC3)n[nH]2)s1. The molecule has 2 saturated heterocycles. The fourth-order valence-electron chi connectivity index (χ4n) is 3.13. The molecule has 0 spiro atoms. The molecule has 0 aromatic carbocycles. The maximum absolute atomic E-state index is 12.9. The molecule has 2 fully saturated rings. The molecule has 4 heterocycles. The highest BCUT2D eigenvalue weighted by molar-refractivity contribution is 7.99. The van der Waals surface area contributed by atoms with E-state index in [9.17, 15) is 9.59 Å². The van der Waals surface area contributed by atoms with Gasteiger partial charge < -0.3 is 14.5 Å². The summed E-state index contributed by atoms with van der Waals surface area (Å²) in [5.74, 6) is 0.956. The van der Waals surface area contributed by atoms with Crippen LogP contribution in [0.4, 0.5) is 0 Å². The van der Waals surface area contributed by atoms with E-state index in [2.05, 4.69) is 10.2 Å². The number of thiophene rings is 1. The molecule has 0 bridgehead atoms. The Hall–Kier alpha value is -1.84. The fraction of sp³-hybridized carbons (Fsp3) is 0.471. The number of nitrogens with zero attached hydrogens (tertiary/aromatic N) is 3. The van der Waals surface area contributed by atoms with Crippen LogP contribution in [0.3, 0.4) is 0 Å². The van der Waals surface area contributed by atoms with Crippen LogP contribution in [0.2, 0.25) is 0 Å². The van der Waals surface area contributed by atoms with Gasteiger partial charge in [0.2, 0.25) is 5.91 Å². The molecule has 2 aliphatic heterocycles. The second-order valence-electron chi connectivity index (χ2n) is 6.31. The Labute approximate surface area is 159 Å². The largest absolute Gasteiger partial charge is 0.378 e. The molecular formula is C17H20N4O3S2. The van der Waals surface area contributed by atoms with Crippen molar-refractivity contribution in [3.63, 3.8) is 0 Å². The predicted molar refractivity (Wildman–Crippen MR) is 101 cm³/mol. The molecule has 2 aromatic heterocycles. The van der Waals surface area contributed by atoms with Crippen LogP contribution in [0, 0.1) is 6.92 Å². The summed E-state index contributed by atoms with van der Waals surface area (Å²) in [5, 5.41) is 7.13. The first-order chi connectivity index (χ1) is 12.6. The van der Waals surface area contributed by atoms with Crippen molar-refractivity contribution in [2.75, 3.05) is 37.9 Å². The van der Waals surface area contributed by atoms with Gasteiger partial charge in [-0.1, -0.05) is 0 Å². The third-order valence-corrected chi connectivity index (χ3v) is 6.60. The van der Waals surface area contributed by atoms with Crippen LogP contribution in [0.5, 0.6) is 0 Å². The maximum Gasteiger partial charge on any atom is 0.275 e. The van der Waals surface area contributed by atoms with Crippen molar-refractivity contribution >= 4 is 34.9 Å². The van der Waals surface area contributed by atoms with Crippen molar-refractivity contribution in [1.82, 2.24) is 20.0 Å². The summed E-state index contributed by atoms with van der Waals surface area (Å²) in [6.07, 6.45) is 0. The van der Waals surface area contributed by atoms with Crippen molar-refractivity contribution < 1.29 is 14.3 Å². The number of hydrogen-bond acceptors (Lipinski definition) is 6. The van der Waals surface area contributed by atoms with Crippen molar-refractivity contribution in [3.8, 4) is 10.6 Å². The van der Waals surface area contributed by atoms with E-state index in [1.807, 2.05) is 19.1 Å². The van der Waals surface area contributed by atoms with E-state index in [-0.39, 0.29) is 11.8 Å². The summed E-state index contributed by atoms with van der Waals surface area (Å²) in [6, 6.07) is 5.40. The third-order valence-electron chi connectivity index (χ3n) is 4.55. The minimum Gasteiger partial charge on any atom is -0.378 e. The topological polar surface area (TPSA) is 78.5 Å². The van der Waals surface area contributed by atoms with Crippen LogP contribution in [0.25, 0.3) is 10.6 Å². The van der Waals surface area contributed by atoms with Gasteiger partial charge in [-0.05, 0) is 25.1 Å². The van der Waals surface area contributed by atoms with Gasteiger partial charge in [-0.2, -0.15) is 5.10 Å². The van der Waals surface area contributed by atoms with E-state index in [1.165, 1.54) is 4.88 Å². The van der Waals surface area contributed by atoms with Crippen molar-refractivity contribution in [2.24, 2.45) is 0 Å². The number of aromatic amines is 1. The van der Waals surface area contributed by atoms with Crippen LogP contribution < -0.4 is 0 Å². The van der Waals surface area contributed by atoms with Gasteiger partial charge in [0.05, 0.1) is 29.7 Å². The number of aromatic nitrogens is 2. The lowest BCUT2D eigenvalue weighted by Gasteiger charge is -2.31. The highest BCUT2D eigenvalue weighted by Crippen LogP contribution is 2.28. The number of rotatable bonds is 3. The zero-order valence-electron chi connectivity index (χ0n) is 14.4. The molecule has 0 radical (unpaired) electrons. The zero-order valence-corrected chi connectivity index (χ0v) is 16.1. The van der Waals surface area contributed by atoms with Gasteiger partial charge >= 0.3 is 0 Å². The quantitative estimate of drug-likeness (QED) is 0.862. The van der Waals surface area contributed by atoms with Crippen molar-refractivity contribution in [2.45, 2.75) is 13.0 Å². The molecule has 138 valence electrons. The summed E-state index contributed by atoms with van der Waals surface area (Å²) in [6.45, 7) is 4.34. The molecule has 26 heavy (non-hydrogen) atoms. The van der Waals surface area contributed by atoms with Gasteiger partial charge in [-0.3, -0.25) is 14.7 Å². The number of amides is 2. The first-order valence-electron chi connectivity index (χ1n) is 8.51. The Kier molecular flexibility index (Phi) is 5.01. The molecule has 4 rings (SSSR count). The number of morpholine rings is 1. The zero-order chi connectivity index (χ0) is 18.1. The number of aryl methyl sites for hydroxylation is 1. The standard InChI is InChI=1S/C17H20N4O3S2/c1-11-2-3-15(26-11)12-8-13(19-18-12)16(22)21-10-25-9-14(21)17(23)20-4-6-24-7-5-20/h2-3,8,14H,4-7,9-10H2,1H3,(H,18,19)/t14-/m1/s1. The van der Waals surface area contributed by atoms with Crippen molar-refractivity contribution in [3.05, 3.63) is 28.8 Å². The van der Waals surface area contributed by atoms with Gasteiger partial charge in [0.25, 0.3) is 5.91 Å². The normalized spacial score (nSPS) is 20.6. The number of ether oxygens (including phenoxy) is 1. The minimum atomic E-state index is -0.422. The summed E-state index contributed by atoms with van der Waals surface area (Å²) in [7, 11) is 0. The molecule has 0 saturated carbocycles. The molecule has 2 aliphatic rings. The number of H-pyrrole nitrogens is 1. The van der Waals surface area contributed by atoms with Gasteiger partial charge in [0.15, 0.2) is 5.69 Å². The van der Waals surface area contributed by atoms with Gasteiger partial charge in [-0.15, -0.1) is 23.1 Å². The van der Waals surface area contributed by atoms with Crippen LogP contribution >= 0.6 is 23.1 Å². The Balaban J connectivity index is 1.50. The number of hydrogen-bond donors (Lipinski definition) is 1. The van der Waals surface area contributed by atoms with E-state index in [1.54, 1.807) is 39.0 Å². The average molecular weight is 393 g/mol. The van der Waals surface area contributed by atoms with E-state index in [4.69, 9.17) is 4.74 Å². The number of carbonyl (C=O) groups is 2. The lowest BCUT2D eigenvalue weighted by atomic mass is 10.2. The van der Waals surface area contributed by atoms with E-state index in [0.717, 1.165) is 10.6 Å².